The van der Waals surface area contributed by atoms with Crippen LogP contribution in [0.5, 0.6) is 0 Å². The monoisotopic (exact) mass is 335 g/mol. The summed E-state index contributed by atoms with van der Waals surface area (Å²) in [6, 6.07) is 0. The van der Waals surface area contributed by atoms with Gasteiger partial charge in [0.2, 0.25) is 0 Å². The summed E-state index contributed by atoms with van der Waals surface area (Å²) in [4.78, 5) is 22.2. The quantitative estimate of drug-likeness (QED) is 0.856. The molecular weight excluding hydrogens is 314 g/mol. The van der Waals surface area contributed by atoms with Gasteiger partial charge >= 0.3 is 5.97 Å². The Kier molecular flexibility index (Phi) is 5.02. The summed E-state index contributed by atoms with van der Waals surface area (Å²) >= 11 is 1.52. The summed E-state index contributed by atoms with van der Waals surface area (Å²) in [6.45, 7) is 2.05. The van der Waals surface area contributed by atoms with Crippen molar-refractivity contribution in [3.63, 3.8) is 0 Å². The fraction of sp³-hybridized carbons (Fsp3) is 0.600. The lowest BCUT2D eigenvalue weighted by Crippen LogP contribution is -2.31. The molecule has 1 N–H and O–H groups in total. The van der Waals surface area contributed by atoms with Crippen LogP contribution < -0.4 is 0 Å². The van der Waals surface area contributed by atoms with Gasteiger partial charge in [0, 0.05) is 11.8 Å². The standard InChI is InChI=1S/C15H21N5O2S/c1-19-4-2-11(3-5-19)6-13-17-14(7-12-9-23-10-16-12)20(18-13)8-15(21)22/h9-11H,2-8H2,1H3,(H,21,22). The first-order valence-electron chi connectivity index (χ1n) is 7.80. The molecule has 1 saturated heterocycles. The highest BCUT2D eigenvalue weighted by atomic mass is 32.1. The zero-order valence-electron chi connectivity index (χ0n) is 13.2. The minimum atomic E-state index is -0.903. The summed E-state index contributed by atoms with van der Waals surface area (Å²) in [5, 5.41) is 15.5. The number of carbonyl (C=O) groups is 1. The molecule has 23 heavy (non-hydrogen) atoms. The summed E-state index contributed by atoms with van der Waals surface area (Å²) in [6.07, 6.45) is 3.64. The van der Waals surface area contributed by atoms with Gasteiger partial charge in [0.15, 0.2) is 5.82 Å². The predicted octanol–water partition coefficient (Wildman–Crippen LogP) is 1.29. The van der Waals surface area contributed by atoms with Gasteiger partial charge in [-0.1, -0.05) is 0 Å². The summed E-state index contributed by atoms with van der Waals surface area (Å²) in [5.41, 5.74) is 2.67. The molecule has 7 nitrogen and oxygen atoms in total. The molecular formula is C15H21N5O2S. The SMILES string of the molecule is CN1CCC(Cc2nc(Cc3cscn3)n(CC(=O)O)n2)CC1. The van der Waals surface area contributed by atoms with Gasteiger partial charge in [0.1, 0.15) is 12.4 Å². The van der Waals surface area contributed by atoms with E-state index in [0.717, 1.165) is 43.9 Å². The number of hydrogen-bond donors (Lipinski definition) is 1. The third kappa shape index (κ3) is 4.35. The van der Waals surface area contributed by atoms with Crippen molar-refractivity contribution in [2.45, 2.75) is 32.2 Å². The van der Waals surface area contributed by atoms with E-state index >= 15 is 0 Å². The second-order valence-corrected chi connectivity index (χ2v) is 6.82. The molecule has 0 spiro atoms. The van der Waals surface area contributed by atoms with Crippen molar-refractivity contribution in [1.29, 1.82) is 0 Å². The maximum Gasteiger partial charge on any atom is 0.325 e. The molecule has 2 aromatic rings. The van der Waals surface area contributed by atoms with Gasteiger partial charge in [-0.2, -0.15) is 5.10 Å². The van der Waals surface area contributed by atoms with Crippen LogP contribution in [0.25, 0.3) is 0 Å². The van der Waals surface area contributed by atoms with Gasteiger partial charge in [0.05, 0.1) is 17.6 Å². The van der Waals surface area contributed by atoms with Crippen LogP contribution in [-0.4, -0.2) is 55.9 Å². The molecule has 3 rings (SSSR count). The number of aromatic nitrogens is 4. The van der Waals surface area contributed by atoms with E-state index in [-0.39, 0.29) is 6.54 Å². The fourth-order valence-corrected chi connectivity index (χ4v) is 3.47. The van der Waals surface area contributed by atoms with Crippen molar-refractivity contribution < 1.29 is 9.90 Å². The molecule has 3 heterocycles. The van der Waals surface area contributed by atoms with Crippen LogP contribution >= 0.6 is 11.3 Å². The molecule has 124 valence electrons. The van der Waals surface area contributed by atoms with Gasteiger partial charge in [-0.15, -0.1) is 11.3 Å². The van der Waals surface area contributed by atoms with E-state index in [9.17, 15) is 4.79 Å². The van der Waals surface area contributed by atoms with Gasteiger partial charge in [-0.05, 0) is 38.9 Å². The van der Waals surface area contributed by atoms with Crippen LogP contribution in [0.4, 0.5) is 0 Å². The second-order valence-electron chi connectivity index (χ2n) is 6.10. The summed E-state index contributed by atoms with van der Waals surface area (Å²) < 4.78 is 1.51. The number of likely N-dealkylation sites (tertiary alicyclic amines) is 1. The number of aliphatic carboxylic acids is 1. The third-order valence-electron chi connectivity index (χ3n) is 4.21. The molecule has 1 aliphatic rings. The molecule has 1 aliphatic heterocycles. The molecule has 0 aliphatic carbocycles. The molecule has 0 amide bonds. The van der Waals surface area contributed by atoms with Gasteiger partial charge in [-0.3, -0.25) is 4.79 Å². The lowest BCUT2D eigenvalue weighted by atomic mass is 9.94. The molecule has 1 fully saturated rings. The minimum Gasteiger partial charge on any atom is -0.480 e. The van der Waals surface area contributed by atoms with E-state index < -0.39 is 5.97 Å². The molecule has 0 radical (unpaired) electrons. The van der Waals surface area contributed by atoms with Crippen molar-refractivity contribution in [2.75, 3.05) is 20.1 Å². The van der Waals surface area contributed by atoms with Gasteiger partial charge in [-0.25, -0.2) is 14.6 Å². The Labute approximate surface area is 139 Å². The van der Waals surface area contributed by atoms with Crippen molar-refractivity contribution in [2.24, 2.45) is 5.92 Å². The Balaban J connectivity index is 1.72. The topological polar surface area (TPSA) is 84.1 Å². The van der Waals surface area contributed by atoms with E-state index in [1.165, 1.54) is 16.0 Å². The predicted molar refractivity (Wildman–Crippen MR) is 86.5 cm³/mol. The number of piperidine rings is 1. The number of carboxylic acids is 1. The third-order valence-corrected chi connectivity index (χ3v) is 4.84. The highest BCUT2D eigenvalue weighted by molar-refractivity contribution is 7.07. The van der Waals surface area contributed by atoms with Crippen molar-refractivity contribution in [3.05, 3.63) is 28.2 Å². The van der Waals surface area contributed by atoms with Crippen LogP contribution in [0.15, 0.2) is 10.9 Å². The maximum absolute atomic E-state index is 11.1. The van der Waals surface area contributed by atoms with E-state index in [2.05, 4.69) is 27.0 Å². The van der Waals surface area contributed by atoms with Gasteiger partial charge < -0.3 is 10.0 Å². The first-order chi connectivity index (χ1) is 11.1. The van der Waals surface area contributed by atoms with Crippen molar-refractivity contribution >= 4 is 17.3 Å². The van der Waals surface area contributed by atoms with Crippen molar-refractivity contribution in [1.82, 2.24) is 24.6 Å². The van der Waals surface area contributed by atoms with E-state index in [1.807, 2.05) is 5.38 Å². The molecule has 8 heteroatoms. The van der Waals surface area contributed by atoms with Crippen LogP contribution in [0.1, 0.15) is 30.2 Å². The van der Waals surface area contributed by atoms with E-state index in [1.54, 1.807) is 5.51 Å². The molecule has 0 aromatic carbocycles. The first-order valence-corrected chi connectivity index (χ1v) is 8.74. The number of rotatable bonds is 6. The average molecular weight is 335 g/mol. The summed E-state index contributed by atoms with van der Waals surface area (Å²) in [5.74, 6) is 1.12. The molecule has 0 atom stereocenters. The van der Waals surface area contributed by atoms with Crippen LogP contribution in [0.3, 0.4) is 0 Å². The number of hydrogen-bond acceptors (Lipinski definition) is 6. The van der Waals surface area contributed by atoms with E-state index in [0.29, 0.717) is 18.2 Å². The van der Waals surface area contributed by atoms with E-state index in [4.69, 9.17) is 5.11 Å². The van der Waals surface area contributed by atoms with Crippen LogP contribution in [0.2, 0.25) is 0 Å². The highest BCUT2D eigenvalue weighted by Gasteiger charge is 2.20. The zero-order chi connectivity index (χ0) is 16.2. The second kappa shape index (κ2) is 7.18. The Hall–Kier alpha value is -1.80. The largest absolute Gasteiger partial charge is 0.480 e. The smallest absolute Gasteiger partial charge is 0.325 e. The Morgan fingerprint density at radius 2 is 2.22 bits per heavy atom. The average Bonchev–Trinajstić information content (AvgIpc) is 3.12. The maximum atomic E-state index is 11.1. The zero-order valence-corrected chi connectivity index (χ0v) is 14.0. The number of thiazole rings is 1. The summed E-state index contributed by atoms with van der Waals surface area (Å²) in [7, 11) is 2.14. The van der Waals surface area contributed by atoms with Crippen molar-refractivity contribution in [3.8, 4) is 0 Å². The van der Waals surface area contributed by atoms with Crippen LogP contribution in [0, 0.1) is 5.92 Å². The number of nitrogens with zero attached hydrogens (tertiary/aromatic N) is 5. The number of carboxylic acid groups (broad SMARTS) is 1. The Morgan fingerprint density at radius 3 is 2.87 bits per heavy atom. The Bertz CT molecular complexity index is 647. The normalized spacial score (nSPS) is 16.7. The molecule has 0 bridgehead atoms. The van der Waals surface area contributed by atoms with Crippen LogP contribution in [-0.2, 0) is 24.2 Å². The lowest BCUT2D eigenvalue weighted by Gasteiger charge is -2.28. The molecule has 0 saturated carbocycles. The fourth-order valence-electron chi connectivity index (χ4n) is 2.91. The lowest BCUT2D eigenvalue weighted by molar-refractivity contribution is -0.137. The first kappa shape index (κ1) is 16.1. The Morgan fingerprint density at radius 1 is 1.43 bits per heavy atom. The molecule has 2 aromatic heterocycles. The highest BCUT2D eigenvalue weighted by Crippen LogP contribution is 2.20. The minimum absolute atomic E-state index is 0.153. The van der Waals surface area contributed by atoms with Gasteiger partial charge in [0.25, 0.3) is 0 Å². The molecule has 0 unspecified atom stereocenters.